The molecule has 7 heteroatoms. The third kappa shape index (κ3) is 4.14. The number of fused-ring (bicyclic) bond motifs is 2. The minimum absolute atomic E-state index is 0.0446. The van der Waals surface area contributed by atoms with Crippen LogP contribution < -0.4 is 5.32 Å². The molecule has 0 bridgehead atoms. The van der Waals surface area contributed by atoms with Crippen LogP contribution in [0, 0.1) is 20.8 Å². The zero-order valence-corrected chi connectivity index (χ0v) is 17.2. The van der Waals surface area contributed by atoms with Crippen molar-refractivity contribution < 1.29 is 18.7 Å². The van der Waals surface area contributed by atoms with Gasteiger partial charge >= 0.3 is 5.97 Å². The van der Waals surface area contributed by atoms with Crippen LogP contribution in [0.3, 0.4) is 0 Å². The van der Waals surface area contributed by atoms with Crippen molar-refractivity contribution in [2.45, 2.75) is 27.2 Å². The Kier molecular flexibility index (Phi) is 5.07. The van der Waals surface area contributed by atoms with Crippen LogP contribution >= 0.6 is 11.3 Å². The Balaban J connectivity index is 1.35. The van der Waals surface area contributed by atoms with Crippen LogP contribution in [0.4, 0.5) is 5.13 Å². The zero-order chi connectivity index (χ0) is 20.5. The molecule has 1 N–H and O–H groups in total. The number of furan rings is 1. The van der Waals surface area contributed by atoms with E-state index in [9.17, 15) is 9.59 Å². The number of amides is 1. The van der Waals surface area contributed by atoms with Crippen molar-refractivity contribution in [3.8, 4) is 0 Å². The maximum atomic E-state index is 12.2. The summed E-state index contributed by atoms with van der Waals surface area (Å²) in [7, 11) is 0. The van der Waals surface area contributed by atoms with E-state index in [0.717, 1.165) is 43.4 Å². The average molecular weight is 408 g/mol. The van der Waals surface area contributed by atoms with Crippen molar-refractivity contribution in [1.82, 2.24) is 4.98 Å². The molecular formula is C22H20N2O4S. The number of anilines is 1. The van der Waals surface area contributed by atoms with Crippen molar-refractivity contribution in [1.29, 1.82) is 0 Å². The fourth-order valence-corrected chi connectivity index (χ4v) is 4.32. The van der Waals surface area contributed by atoms with Gasteiger partial charge in [-0.15, -0.1) is 0 Å². The third-order valence-corrected chi connectivity index (χ3v) is 5.50. The highest BCUT2D eigenvalue weighted by Crippen LogP contribution is 2.29. The fraction of sp³-hybridized carbons (Fsp3) is 0.227. The molecular weight excluding hydrogens is 388 g/mol. The van der Waals surface area contributed by atoms with Crippen molar-refractivity contribution in [2.75, 3.05) is 11.9 Å². The Labute approximate surface area is 171 Å². The summed E-state index contributed by atoms with van der Waals surface area (Å²) in [6, 6.07) is 9.88. The maximum absolute atomic E-state index is 12.2. The molecule has 2 aromatic heterocycles. The lowest BCUT2D eigenvalue weighted by molar-refractivity contribution is -0.146. The van der Waals surface area contributed by atoms with Gasteiger partial charge in [-0.05, 0) is 49.6 Å². The smallest absolute Gasteiger partial charge is 0.310 e. The van der Waals surface area contributed by atoms with E-state index in [1.54, 1.807) is 6.26 Å². The molecule has 6 nitrogen and oxygen atoms in total. The molecule has 29 heavy (non-hydrogen) atoms. The first-order chi connectivity index (χ1) is 13.9. The van der Waals surface area contributed by atoms with Crippen LogP contribution in [0.25, 0.3) is 21.2 Å². The van der Waals surface area contributed by atoms with Gasteiger partial charge in [-0.3, -0.25) is 14.9 Å². The van der Waals surface area contributed by atoms with Crippen LogP contribution in [0.1, 0.15) is 22.3 Å². The van der Waals surface area contributed by atoms with Gasteiger partial charge in [-0.2, -0.15) is 0 Å². The molecule has 0 unspecified atom stereocenters. The van der Waals surface area contributed by atoms with Crippen LogP contribution in [-0.2, 0) is 20.7 Å². The van der Waals surface area contributed by atoms with Gasteiger partial charge in [0.15, 0.2) is 11.7 Å². The summed E-state index contributed by atoms with van der Waals surface area (Å²) in [5.74, 6) is -0.904. The molecule has 0 aliphatic rings. The highest BCUT2D eigenvalue weighted by atomic mass is 32.1. The topological polar surface area (TPSA) is 81.4 Å². The number of aryl methyl sites for hydroxylation is 3. The lowest BCUT2D eigenvalue weighted by Crippen LogP contribution is -2.21. The van der Waals surface area contributed by atoms with E-state index in [1.807, 2.05) is 45.0 Å². The molecule has 2 heterocycles. The fourth-order valence-electron chi connectivity index (χ4n) is 3.26. The quantitative estimate of drug-likeness (QED) is 0.485. The lowest BCUT2D eigenvalue weighted by atomic mass is 10.1. The van der Waals surface area contributed by atoms with Gasteiger partial charge in [0, 0.05) is 10.9 Å². The van der Waals surface area contributed by atoms with E-state index >= 15 is 0 Å². The number of carbonyl (C=O) groups excluding carboxylic acids is 2. The minimum Gasteiger partial charge on any atom is -0.464 e. The molecule has 1 amide bonds. The second-order valence-corrected chi connectivity index (χ2v) is 8.12. The highest BCUT2D eigenvalue weighted by Gasteiger charge is 2.15. The Morgan fingerprint density at radius 1 is 1.14 bits per heavy atom. The molecule has 0 aliphatic heterocycles. The van der Waals surface area contributed by atoms with Crippen LogP contribution in [0.5, 0.6) is 0 Å². The maximum Gasteiger partial charge on any atom is 0.310 e. The molecule has 0 aliphatic carbocycles. The molecule has 148 valence electrons. The molecule has 4 rings (SSSR count). The molecule has 4 aromatic rings. The van der Waals surface area contributed by atoms with Crippen molar-refractivity contribution in [3.05, 3.63) is 58.8 Å². The predicted molar refractivity (Wildman–Crippen MR) is 113 cm³/mol. The normalized spacial score (nSPS) is 11.1. The van der Waals surface area contributed by atoms with Crippen LogP contribution in [0.15, 0.2) is 41.0 Å². The second-order valence-electron chi connectivity index (χ2n) is 7.09. The average Bonchev–Trinajstić information content (AvgIpc) is 3.23. The number of rotatable bonds is 5. The Morgan fingerprint density at radius 2 is 1.97 bits per heavy atom. The van der Waals surface area contributed by atoms with Gasteiger partial charge in [-0.1, -0.05) is 29.5 Å². The van der Waals surface area contributed by atoms with Crippen molar-refractivity contribution in [3.63, 3.8) is 0 Å². The first kappa shape index (κ1) is 19.1. The molecule has 0 fully saturated rings. The summed E-state index contributed by atoms with van der Waals surface area (Å²) in [4.78, 5) is 28.8. The number of aromatic nitrogens is 1. The van der Waals surface area contributed by atoms with Gasteiger partial charge in [-0.25, -0.2) is 4.98 Å². The Bertz CT molecular complexity index is 1240. The summed E-state index contributed by atoms with van der Waals surface area (Å²) in [6.45, 7) is 5.63. The number of nitrogens with one attached hydrogen (secondary N) is 1. The monoisotopic (exact) mass is 408 g/mol. The van der Waals surface area contributed by atoms with E-state index in [2.05, 4.69) is 16.4 Å². The first-order valence-corrected chi connectivity index (χ1v) is 10.0. The summed E-state index contributed by atoms with van der Waals surface area (Å²) in [5, 5.41) is 4.06. The first-order valence-electron chi connectivity index (χ1n) is 9.19. The molecule has 2 aromatic carbocycles. The third-order valence-electron chi connectivity index (χ3n) is 4.59. The number of nitrogens with zero attached hydrogens (tertiary/aromatic N) is 1. The Hall–Kier alpha value is -3.19. The van der Waals surface area contributed by atoms with Gasteiger partial charge in [0.2, 0.25) is 0 Å². The van der Waals surface area contributed by atoms with Gasteiger partial charge in [0.05, 0.1) is 22.9 Å². The van der Waals surface area contributed by atoms with E-state index in [0.29, 0.717) is 5.13 Å². The van der Waals surface area contributed by atoms with Gasteiger partial charge < -0.3 is 9.15 Å². The number of ether oxygens (including phenoxy) is 1. The van der Waals surface area contributed by atoms with Crippen molar-refractivity contribution >= 4 is 49.5 Å². The standard InChI is InChI=1S/C22H20N2O4S/c1-12-4-5-16-15(10-27-17(16)7-12)9-20(26)28-11-19(25)23-22-24-21-14(3)6-13(2)8-18(21)29-22/h4-8,10H,9,11H2,1-3H3,(H,23,24,25). The highest BCUT2D eigenvalue weighted by molar-refractivity contribution is 7.22. The van der Waals surface area contributed by atoms with E-state index < -0.39 is 11.9 Å². The number of benzene rings is 2. The number of esters is 1. The molecule has 0 atom stereocenters. The van der Waals surface area contributed by atoms with Gasteiger partial charge in [0.25, 0.3) is 5.91 Å². The second kappa shape index (κ2) is 7.67. The largest absolute Gasteiger partial charge is 0.464 e. The van der Waals surface area contributed by atoms with Crippen LogP contribution in [-0.4, -0.2) is 23.5 Å². The van der Waals surface area contributed by atoms with Crippen LogP contribution in [0.2, 0.25) is 0 Å². The van der Waals surface area contributed by atoms with Crippen molar-refractivity contribution in [2.24, 2.45) is 0 Å². The summed E-state index contributed by atoms with van der Waals surface area (Å²) in [6.07, 6.45) is 1.60. The summed E-state index contributed by atoms with van der Waals surface area (Å²) < 4.78 is 11.6. The zero-order valence-electron chi connectivity index (χ0n) is 16.4. The number of carbonyl (C=O) groups is 2. The molecule has 0 saturated heterocycles. The summed E-state index contributed by atoms with van der Waals surface area (Å²) in [5.41, 5.74) is 5.63. The number of hydrogen-bond donors (Lipinski definition) is 1. The van der Waals surface area contributed by atoms with E-state index in [4.69, 9.17) is 9.15 Å². The SMILES string of the molecule is Cc1ccc2c(CC(=O)OCC(=O)Nc3nc4c(C)cc(C)cc4s3)coc2c1. The summed E-state index contributed by atoms with van der Waals surface area (Å²) >= 11 is 1.40. The number of thiazole rings is 1. The molecule has 0 saturated carbocycles. The molecule has 0 radical (unpaired) electrons. The van der Waals surface area contributed by atoms with E-state index in [-0.39, 0.29) is 13.0 Å². The van der Waals surface area contributed by atoms with E-state index in [1.165, 1.54) is 11.3 Å². The minimum atomic E-state index is -0.487. The lowest BCUT2D eigenvalue weighted by Gasteiger charge is -2.04. The molecule has 0 spiro atoms. The number of hydrogen-bond acceptors (Lipinski definition) is 6. The van der Waals surface area contributed by atoms with Gasteiger partial charge in [0.1, 0.15) is 5.58 Å². The Morgan fingerprint density at radius 3 is 2.79 bits per heavy atom. The predicted octanol–water partition coefficient (Wildman–Crippen LogP) is 4.69.